The Morgan fingerprint density at radius 3 is 0.587 bits per heavy atom. The predicted octanol–water partition coefficient (Wildman–Crippen LogP) is -7.75. The third kappa shape index (κ3) is 90.3. The second-order valence-electron chi connectivity index (χ2n) is 13.9. The first-order valence-corrected chi connectivity index (χ1v) is 14.2. The van der Waals surface area contributed by atoms with E-state index >= 15 is 0 Å². The fraction of sp³-hybridized carbons (Fsp3) is 0.571. The van der Waals surface area contributed by atoms with Gasteiger partial charge < -0.3 is 20.4 Å². The van der Waals surface area contributed by atoms with Crippen LogP contribution in [-0.4, -0.2) is 36.4 Å². The molecule has 0 saturated carbocycles. The van der Waals surface area contributed by atoms with Crippen molar-refractivity contribution in [2.75, 3.05) is 26.4 Å². The van der Waals surface area contributed by atoms with E-state index in [2.05, 4.69) is 15.0 Å². The first-order valence-electron chi connectivity index (χ1n) is 14.2. The van der Waals surface area contributed by atoms with Crippen LogP contribution in [0, 0.1) is 21.7 Å². The molecule has 0 fully saturated rings. The quantitative estimate of drug-likeness (QED) is 0.231. The summed E-state index contributed by atoms with van der Waals surface area (Å²) in [6.07, 6.45) is 10.8. The van der Waals surface area contributed by atoms with Gasteiger partial charge in [0.25, 0.3) is 0 Å². The Balaban J connectivity index is -0.0000000602. The standard InChI is InChI=1S/3C5H5N.4C5H11O.4Li/c3*1-2-4-6-5-3-1;4*1-5(2,3)4-6;;;;/h3*1-5H;4*4H2,1-3H3;;;;/q;;;4*-1;4*+1/p+1. The molecule has 11 heteroatoms. The molecule has 0 aliphatic heterocycles. The van der Waals surface area contributed by atoms with Crippen LogP contribution in [0.15, 0.2) is 91.8 Å². The van der Waals surface area contributed by atoms with Gasteiger partial charge in [0.15, 0.2) is 12.4 Å². The SMILES string of the molecule is CC(C)(C)C[O-].CC(C)(C)C[O-].CC(C)(C)C[O-].CC(C)(C)C[O-].[Li+].[Li+].[Li+].[Li+].c1cc[nH+]cc1.c1ccncc1.c1ccncc1. The molecule has 0 aromatic carbocycles. The Kier molecular flexibility index (Phi) is 57.0. The van der Waals surface area contributed by atoms with E-state index in [0.29, 0.717) is 0 Å². The fourth-order valence-electron chi connectivity index (χ4n) is 0.967. The zero-order valence-electron chi connectivity index (χ0n) is 32.5. The molecular weight excluding hydrogens is 554 g/mol. The van der Waals surface area contributed by atoms with Crippen LogP contribution in [0.2, 0.25) is 0 Å². The Labute approximate surface area is 331 Å². The van der Waals surface area contributed by atoms with Gasteiger partial charge in [0.05, 0.1) is 0 Å². The third-order valence-electron chi connectivity index (χ3n) is 3.47. The van der Waals surface area contributed by atoms with Crippen molar-refractivity contribution in [2.24, 2.45) is 21.7 Å². The zero-order chi connectivity index (χ0) is 33.6. The van der Waals surface area contributed by atoms with Crippen molar-refractivity contribution >= 4 is 0 Å². The average Bonchev–Trinajstić information content (AvgIpc) is 2.96. The topological polar surface area (TPSA) is 132 Å². The minimum absolute atomic E-state index is 0. The van der Waals surface area contributed by atoms with Gasteiger partial charge in [-0.25, -0.2) is 4.98 Å². The van der Waals surface area contributed by atoms with Crippen molar-refractivity contribution in [3.8, 4) is 0 Å². The van der Waals surface area contributed by atoms with E-state index in [0.717, 1.165) is 0 Å². The van der Waals surface area contributed by atoms with E-state index in [1.54, 1.807) is 24.8 Å². The molecule has 242 valence electrons. The molecule has 7 nitrogen and oxygen atoms in total. The molecule has 3 heterocycles. The molecule has 3 aromatic heterocycles. The summed E-state index contributed by atoms with van der Waals surface area (Å²) >= 11 is 0. The van der Waals surface area contributed by atoms with Crippen molar-refractivity contribution in [1.82, 2.24) is 9.97 Å². The summed E-state index contributed by atoms with van der Waals surface area (Å²) in [5.74, 6) is 0. The van der Waals surface area contributed by atoms with Crippen LogP contribution in [0.5, 0.6) is 0 Å². The van der Waals surface area contributed by atoms with Gasteiger partial charge in [0.1, 0.15) is 0 Å². The van der Waals surface area contributed by atoms with Gasteiger partial charge in [0.2, 0.25) is 0 Å². The van der Waals surface area contributed by atoms with E-state index < -0.39 is 0 Å². The molecular formula is C35H60Li4N3O4+. The molecule has 0 bridgehead atoms. The number of nitrogens with one attached hydrogen (secondary N) is 1. The normalized spacial score (nSPS) is 9.39. The van der Waals surface area contributed by atoms with Gasteiger partial charge in [-0.05, 0) is 24.3 Å². The largest absolute Gasteiger partial charge is 1.00 e. The Bertz CT molecular complexity index is 663. The van der Waals surface area contributed by atoms with Gasteiger partial charge in [-0.1, -0.05) is 123 Å². The Morgan fingerprint density at radius 2 is 0.543 bits per heavy atom. The molecule has 0 saturated heterocycles. The molecule has 0 unspecified atom stereocenters. The molecule has 0 amide bonds. The summed E-state index contributed by atoms with van der Waals surface area (Å²) in [7, 11) is 0. The number of aromatic nitrogens is 3. The van der Waals surface area contributed by atoms with Gasteiger partial charge in [-0.2, -0.15) is 0 Å². The molecule has 46 heavy (non-hydrogen) atoms. The second-order valence-corrected chi connectivity index (χ2v) is 13.9. The van der Waals surface area contributed by atoms with E-state index in [1.165, 1.54) is 0 Å². The number of nitrogens with zero attached hydrogens (tertiary/aromatic N) is 2. The number of pyridine rings is 3. The number of hydrogen-bond acceptors (Lipinski definition) is 6. The second kappa shape index (κ2) is 40.9. The van der Waals surface area contributed by atoms with Crippen LogP contribution < -0.4 is 101 Å². The van der Waals surface area contributed by atoms with E-state index in [-0.39, 0.29) is 124 Å². The fourth-order valence-corrected chi connectivity index (χ4v) is 0.967. The predicted molar refractivity (Wildman–Crippen MR) is 169 cm³/mol. The van der Waals surface area contributed by atoms with Crippen LogP contribution in [0.1, 0.15) is 83.1 Å². The summed E-state index contributed by atoms with van der Waals surface area (Å²) in [6, 6.07) is 17.3. The minimum atomic E-state index is -0.0139. The van der Waals surface area contributed by atoms with Gasteiger partial charge in [0, 0.05) is 36.9 Å². The van der Waals surface area contributed by atoms with Crippen molar-refractivity contribution in [3.63, 3.8) is 0 Å². The van der Waals surface area contributed by atoms with Gasteiger partial charge in [-0.15, -0.1) is 26.4 Å². The maximum absolute atomic E-state index is 9.95. The third-order valence-corrected chi connectivity index (χ3v) is 3.47. The number of rotatable bonds is 0. The number of hydrogen-bond donors (Lipinski definition) is 0. The van der Waals surface area contributed by atoms with E-state index in [9.17, 15) is 20.4 Å². The molecule has 3 aromatic rings. The van der Waals surface area contributed by atoms with E-state index in [1.807, 2.05) is 150 Å². The molecule has 0 radical (unpaired) electrons. The summed E-state index contributed by atoms with van der Waals surface area (Å²) in [5.41, 5.74) is -0.0556. The summed E-state index contributed by atoms with van der Waals surface area (Å²) in [4.78, 5) is 10.5. The smallest absolute Gasteiger partial charge is 0.854 e. The molecule has 0 atom stereocenters. The van der Waals surface area contributed by atoms with Crippen molar-refractivity contribution in [3.05, 3.63) is 91.8 Å². The monoisotopic (exact) mass is 615 g/mol. The maximum atomic E-state index is 9.95. The average molecular weight is 615 g/mol. The van der Waals surface area contributed by atoms with Crippen molar-refractivity contribution in [1.29, 1.82) is 0 Å². The summed E-state index contributed by atoms with van der Waals surface area (Å²) in [6.45, 7) is 23.3. The van der Waals surface area contributed by atoms with Crippen LogP contribution >= 0.6 is 0 Å². The number of aromatic amines is 1. The van der Waals surface area contributed by atoms with Gasteiger partial charge in [-0.3, -0.25) is 9.97 Å². The zero-order valence-corrected chi connectivity index (χ0v) is 32.5. The first kappa shape index (κ1) is 64.2. The van der Waals surface area contributed by atoms with Crippen LogP contribution in [0.3, 0.4) is 0 Å². The van der Waals surface area contributed by atoms with Gasteiger partial charge >= 0.3 is 75.4 Å². The maximum Gasteiger partial charge on any atom is 1.00 e. The van der Waals surface area contributed by atoms with Crippen molar-refractivity contribution in [2.45, 2.75) is 83.1 Å². The molecule has 0 aliphatic rings. The first-order chi connectivity index (χ1) is 19.2. The molecule has 0 aliphatic carbocycles. The Morgan fingerprint density at radius 1 is 0.370 bits per heavy atom. The van der Waals surface area contributed by atoms with Crippen LogP contribution in [0.4, 0.5) is 0 Å². The number of H-pyrrole nitrogens is 1. The molecule has 1 N–H and O–H groups in total. The van der Waals surface area contributed by atoms with Crippen LogP contribution in [0.25, 0.3) is 0 Å². The van der Waals surface area contributed by atoms with E-state index in [4.69, 9.17) is 0 Å². The minimum Gasteiger partial charge on any atom is -0.854 e. The summed E-state index contributed by atoms with van der Waals surface area (Å²) < 4.78 is 0. The summed E-state index contributed by atoms with van der Waals surface area (Å²) in [5, 5.41) is 39.8. The Hall–Kier alpha value is -0.320. The van der Waals surface area contributed by atoms with Crippen LogP contribution in [-0.2, 0) is 0 Å². The molecule has 0 spiro atoms. The molecule has 3 rings (SSSR count). The van der Waals surface area contributed by atoms with Crippen molar-refractivity contribution < 1.29 is 101 Å².